The third kappa shape index (κ3) is 3.10. The number of amides is 4. The molecule has 4 rings (SSSR count). The van der Waals surface area contributed by atoms with Gasteiger partial charge in [0.15, 0.2) is 11.5 Å². The molecule has 1 unspecified atom stereocenters. The Morgan fingerprint density at radius 3 is 2.62 bits per heavy atom. The molecule has 9 heteroatoms. The molecule has 1 fully saturated rings. The number of fused-ring (bicyclic) bond motifs is 1. The summed E-state index contributed by atoms with van der Waals surface area (Å²) in [5.74, 6) is -0.180. The summed E-state index contributed by atoms with van der Waals surface area (Å²) in [6.07, 6.45) is 0. The minimum Gasteiger partial charge on any atom is -0.493 e. The number of methoxy groups -OCH3 is 1. The Hall–Kier alpha value is -3.75. The van der Waals surface area contributed by atoms with Crippen molar-refractivity contribution in [3.05, 3.63) is 53.6 Å². The lowest BCUT2D eigenvalue weighted by Crippen LogP contribution is -2.47. The number of carbonyl (C=O) groups excluding carboxylic acids is 3. The van der Waals surface area contributed by atoms with Crippen LogP contribution >= 0.6 is 0 Å². The highest BCUT2D eigenvalue weighted by Gasteiger charge is 2.50. The van der Waals surface area contributed by atoms with Crippen LogP contribution in [0.3, 0.4) is 0 Å². The van der Waals surface area contributed by atoms with Crippen molar-refractivity contribution >= 4 is 17.8 Å². The molecule has 2 aromatic rings. The second-order valence-electron chi connectivity index (χ2n) is 6.71. The molecule has 2 aromatic carbocycles. The summed E-state index contributed by atoms with van der Waals surface area (Å²) in [7, 11) is 1.44. The fourth-order valence-corrected chi connectivity index (χ4v) is 3.28. The molecule has 150 valence electrons. The first kappa shape index (κ1) is 18.6. The first-order valence-electron chi connectivity index (χ1n) is 8.95. The number of nitrogens with one attached hydrogen (secondary N) is 2. The topological polar surface area (TPSA) is 106 Å². The maximum Gasteiger partial charge on any atom is 0.344 e. The van der Waals surface area contributed by atoms with Gasteiger partial charge in [0.2, 0.25) is 5.75 Å². The summed E-state index contributed by atoms with van der Waals surface area (Å²) in [5.41, 5.74) is 1.84. The van der Waals surface area contributed by atoms with Crippen LogP contribution in [0.4, 0.5) is 4.79 Å². The van der Waals surface area contributed by atoms with Gasteiger partial charge in [0, 0.05) is 5.56 Å². The van der Waals surface area contributed by atoms with Crippen LogP contribution in [0.25, 0.3) is 0 Å². The monoisotopic (exact) mass is 397 g/mol. The third-order valence-corrected chi connectivity index (χ3v) is 4.85. The van der Waals surface area contributed by atoms with E-state index in [1.165, 1.54) is 19.2 Å². The number of hydrogen-bond acceptors (Lipinski definition) is 6. The van der Waals surface area contributed by atoms with Crippen LogP contribution in [0.1, 0.15) is 22.8 Å². The molecule has 2 aliphatic rings. The van der Waals surface area contributed by atoms with E-state index < -0.39 is 23.4 Å². The van der Waals surface area contributed by atoms with Crippen LogP contribution in [0.5, 0.6) is 17.2 Å². The van der Waals surface area contributed by atoms with Crippen LogP contribution in [-0.2, 0) is 10.3 Å². The van der Waals surface area contributed by atoms with Gasteiger partial charge in [-0.3, -0.25) is 15.0 Å². The van der Waals surface area contributed by atoms with Gasteiger partial charge in [0.05, 0.1) is 7.11 Å². The van der Waals surface area contributed by atoms with E-state index in [4.69, 9.17) is 14.2 Å². The SMILES string of the molecule is COc1cc(C(=O)NN2C(=O)NC(C)(c3ccccc3)C2=O)cc2c1OCCO2. The van der Waals surface area contributed by atoms with Crippen molar-refractivity contribution in [2.24, 2.45) is 0 Å². The standard InChI is InChI=1S/C20H19N3O6/c1-20(13-6-4-3-5-7-13)18(25)23(19(26)21-20)22-17(24)12-10-14(27-2)16-15(11-12)28-8-9-29-16/h3-7,10-11H,8-9H2,1-2H3,(H,21,26)(H,22,24). The summed E-state index contributed by atoms with van der Waals surface area (Å²) in [4.78, 5) is 38.1. The number of rotatable bonds is 4. The number of nitrogens with zero attached hydrogens (tertiary/aromatic N) is 1. The Morgan fingerprint density at radius 1 is 1.17 bits per heavy atom. The van der Waals surface area contributed by atoms with Gasteiger partial charge in [-0.1, -0.05) is 30.3 Å². The molecular formula is C20H19N3O6. The van der Waals surface area contributed by atoms with E-state index in [-0.39, 0.29) is 5.56 Å². The zero-order valence-corrected chi connectivity index (χ0v) is 15.9. The smallest absolute Gasteiger partial charge is 0.344 e. The first-order chi connectivity index (χ1) is 13.9. The fraction of sp³-hybridized carbons (Fsp3) is 0.250. The third-order valence-electron chi connectivity index (χ3n) is 4.85. The summed E-state index contributed by atoms with van der Waals surface area (Å²) in [6, 6.07) is 11.0. The maximum absolute atomic E-state index is 12.9. The Bertz CT molecular complexity index is 976. The molecule has 0 saturated carbocycles. The van der Waals surface area contributed by atoms with Crippen LogP contribution in [0.2, 0.25) is 0 Å². The number of hydrogen-bond donors (Lipinski definition) is 2. The second kappa shape index (κ2) is 7.01. The number of hydrazine groups is 1. The molecule has 2 aliphatic heterocycles. The lowest BCUT2D eigenvalue weighted by Gasteiger charge is -2.23. The molecule has 0 aliphatic carbocycles. The van der Waals surface area contributed by atoms with Crippen molar-refractivity contribution in [3.8, 4) is 17.2 Å². The molecule has 29 heavy (non-hydrogen) atoms. The van der Waals surface area contributed by atoms with Gasteiger partial charge in [-0.2, -0.15) is 5.01 Å². The van der Waals surface area contributed by atoms with Crippen molar-refractivity contribution < 1.29 is 28.6 Å². The van der Waals surface area contributed by atoms with Crippen LogP contribution in [0, 0.1) is 0 Å². The Balaban J connectivity index is 1.59. The van der Waals surface area contributed by atoms with E-state index in [0.29, 0.717) is 41.0 Å². The van der Waals surface area contributed by atoms with Crippen LogP contribution in [0.15, 0.2) is 42.5 Å². The van der Waals surface area contributed by atoms with Crippen LogP contribution < -0.4 is 25.0 Å². The number of carbonyl (C=O) groups is 3. The van der Waals surface area contributed by atoms with E-state index in [1.54, 1.807) is 31.2 Å². The number of ether oxygens (including phenoxy) is 3. The van der Waals surface area contributed by atoms with E-state index in [0.717, 1.165) is 0 Å². The summed E-state index contributed by atoms with van der Waals surface area (Å²) < 4.78 is 16.3. The van der Waals surface area contributed by atoms with Gasteiger partial charge >= 0.3 is 6.03 Å². The second-order valence-corrected chi connectivity index (χ2v) is 6.71. The highest BCUT2D eigenvalue weighted by Crippen LogP contribution is 2.40. The molecule has 1 saturated heterocycles. The number of urea groups is 1. The largest absolute Gasteiger partial charge is 0.493 e. The van der Waals surface area contributed by atoms with Crippen molar-refractivity contribution in [3.63, 3.8) is 0 Å². The number of benzene rings is 2. The highest BCUT2D eigenvalue weighted by atomic mass is 16.6. The van der Waals surface area contributed by atoms with Gasteiger partial charge in [0.1, 0.15) is 18.8 Å². The molecule has 2 N–H and O–H groups in total. The molecule has 1 atom stereocenters. The predicted molar refractivity (Wildman–Crippen MR) is 101 cm³/mol. The zero-order valence-electron chi connectivity index (χ0n) is 15.9. The molecule has 2 heterocycles. The minimum absolute atomic E-state index is 0.153. The molecule has 9 nitrogen and oxygen atoms in total. The average Bonchev–Trinajstić information content (AvgIpc) is 2.97. The van der Waals surface area contributed by atoms with Crippen molar-refractivity contribution in [2.45, 2.75) is 12.5 Å². The summed E-state index contributed by atoms with van der Waals surface area (Å²) in [6.45, 7) is 2.29. The lowest BCUT2D eigenvalue weighted by molar-refractivity contribution is -0.132. The van der Waals surface area contributed by atoms with Gasteiger partial charge in [0.25, 0.3) is 11.8 Å². The summed E-state index contributed by atoms with van der Waals surface area (Å²) in [5, 5.41) is 3.31. The Morgan fingerprint density at radius 2 is 1.90 bits per heavy atom. The van der Waals surface area contributed by atoms with Crippen LogP contribution in [-0.4, -0.2) is 43.2 Å². The Labute approximate surface area is 166 Å². The van der Waals surface area contributed by atoms with Gasteiger partial charge in [-0.25, -0.2) is 4.79 Å². The van der Waals surface area contributed by atoms with E-state index in [9.17, 15) is 14.4 Å². The molecular weight excluding hydrogens is 378 g/mol. The zero-order chi connectivity index (χ0) is 20.6. The molecule has 0 aromatic heterocycles. The van der Waals surface area contributed by atoms with Gasteiger partial charge < -0.3 is 19.5 Å². The van der Waals surface area contributed by atoms with Gasteiger partial charge in [-0.05, 0) is 24.6 Å². The predicted octanol–water partition coefficient (Wildman–Crippen LogP) is 1.58. The maximum atomic E-state index is 12.9. The van der Waals surface area contributed by atoms with E-state index in [2.05, 4.69) is 10.7 Å². The molecule has 4 amide bonds. The van der Waals surface area contributed by atoms with Crippen molar-refractivity contribution in [2.75, 3.05) is 20.3 Å². The lowest BCUT2D eigenvalue weighted by atomic mass is 9.92. The fourth-order valence-electron chi connectivity index (χ4n) is 3.28. The normalized spacial score (nSPS) is 20.3. The van der Waals surface area contributed by atoms with E-state index in [1.807, 2.05) is 6.07 Å². The summed E-state index contributed by atoms with van der Waals surface area (Å²) >= 11 is 0. The highest BCUT2D eigenvalue weighted by molar-refractivity contribution is 6.09. The van der Waals surface area contributed by atoms with Gasteiger partial charge in [-0.15, -0.1) is 0 Å². The van der Waals surface area contributed by atoms with E-state index >= 15 is 0 Å². The average molecular weight is 397 g/mol. The Kier molecular flexibility index (Phi) is 4.50. The van der Waals surface area contributed by atoms with Crippen molar-refractivity contribution in [1.29, 1.82) is 0 Å². The molecule has 0 radical (unpaired) electrons. The number of imide groups is 1. The molecule has 0 spiro atoms. The quantitative estimate of drug-likeness (QED) is 0.759. The van der Waals surface area contributed by atoms with Crippen molar-refractivity contribution in [1.82, 2.24) is 15.8 Å². The molecule has 0 bridgehead atoms. The first-order valence-corrected chi connectivity index (χ1v) is 8.95. The minimum atomic E-state index is -1.28.